The van der Waals surface area contributed by atoms with Gasteiger partial charge in [0.1, 0.15) is 5.75 Å². The zero-order valence-corrected chi connectivity index (χ0v) is 37.5. The fourth-order valence-electron chi connectivity index (χ4n) is 5.78. The first kappa shape index (κ1) is 47.1. The maximum Gasteiger partial charge on any atom is 0.278 e. The summed E-state index contributed by atoms with van der Waals surface area (Å²) in [4.78, 5) is 47.7. The summed E-state index contributed by atoms with van der Waals surface area (Å²) in [6.45, 7) is 24.4. The van der Waals surface area contributed by atoms with E-state index in [4.69, 9.17) is 16.3 Å². The van der Waals surface area contributed by atoms with E-state index in [-0.39, 0.29) is 39.8 Å². The molecule has 57 heavy (non-hydrogen) atoms. The van der Waals surface area contributed by atoms with Gasteiger partial charge >= 0.3 is 0 Å². The molecule has 1 atom stereocenters. The Labute approximate surface area is 345 Å². The lowest BCUT2D eigenvalue weighted by Crippen LogP contribution is -2.37. The predicted octanol–water partition coefficient (Wildman–Crippen LogP) is 9.48. The van der Waals surface area contributed by atoms with Gasteiger partial charge in [-0.1, -0.05) is 93.0 Å². The highest BCUT2D eigenvalue weighted by molar-refractivity contribution is 7.88. The monoisotopic (exact) mass is 823 g/mol. The summed E-state index contributed by atoms with van der Waals surface area (Å²) in [5, 5.41) is 5.85. The average Bonchev–Trinajstić information content (AvgIpc) is 3.13. The maximum atomic E-state index is 13.9. The van der Waals surface area contributed by atoms with E-state index in [1.807, 2.05) is 30.9 Å². The number of ether oxygens (including phenoxy) is 1. The van der Waals surface area contributed by atoms with Crippen LogP contribution in [0.3, 0.4) is 0 Å². The number of halogens is 1. The lowest BCUT2D eigenvalue weighted by Gasteiger charge is -2.31. The molecule has 312 valence electrons. The van der Waals surface area contributed by atoms with Crippen molar-refractivity contribution < 1.29 is 27.5 Å². The van der Waals surface area contributed by atoms with Gasteiger partial charge in [0.15, 0.2) is 17.6 Å². The number of rotatable bonds is 18. The zero-order chi connectivity index (χ0) is 43.1. The first-order chi connectivity index (χ1) is 26.4. The smallest absolute Gasteiger partial charge is 0.278 e. The van der Waals surface area contributed by atoms with Crippen molar-refractivity contribution in [1.82, 2.24) is 4.72 Å². The van der Waals surface area contributed by atoms with E-state index in [1.54, 1.807) is 52.0 Å². The lowest BCUT2D eigenvalue weighted by molar-refractivity contribution is -0.123. The molecule has 3 N–H and O–H groups in total. The van der Waals surface area contributed by atoms with Gasteiger partial charge in [-0.05, 0) is 97.5 Å². The molecule has 13 heteroatoms. The molecule has 0 aromatic heterocycles. The highest BCUT2D eigenvalue weighted by Crippen LogP contribution is 2.39. The third-order valence-corrected chi connectivity index (χ3v) is 11.4. The molecule has 0 heterocycles. The van der Waals surface area contributed by atoms with Crippen LogP contribution in [0.4, 0.5) is 22.7 Å². The first-order valence-corrected chi connectivity index (χ1v) is 21.8. The normalized spacial score (nSPS) is 13.2. The highest BCUT2D eigenvalue weighted by atomic mass is 35.5. The molecule has 0 bridgehead atoms. The number of hydrogen-bond donors (Lipinski definition) is 3. The third-order valence-electron chi connectivity index (χ3n) is 10.5. The fraction of sp³-hybridized carbons (Fsp3) is 0.500. The lowest BCUT2D eigenvalue weighted by atomic mass is 9.76. The summed E-state index contributed by atoms with van der Waals surface area (Å²) >= 11 is 6.55. The molecule has 0 saturated heterocycles. The van der Waals surface area contributed by atoms with Crippen LogP contribution in [0.5, 0.6) is 5.75 Å². The summed E-state index contributed by atoms with van der Waals surface area (Å²) in [6, 6.07) is 16.2. The van der Waals surface area contributed by atoms with Gasteiger partial charge in [-0.15, -0.1) is 0 Å². The third kappa shape index (κ3) is 12.6. The standard InChI is InChI=1S/C44H62ClN5O6S/c1-14-36(56-37-23-18-29(43(9,10)15-2)25-32(37)44(11,12)16-3)40(52)47-30-19-21-33(45)35(26-30)49-41(53)38(39(51)42(6,7)8)48-34-22-20-31(24-28(34)5)50(17-4)27-46-57(13,54)55/h18-26,36,46H,14-17,27H2,1-13H3,(H,47,52)(H,49,53). The molecule has 3 aromatic carbocycles. The van der Waals surface area contributed by atoms with E-state index in [2.05, 4.69) is 74.0 Å². The number of anilines is 3. The van der Waals surface area contributed by atoms with Crippen LogP contribution >= 0.6 is 11.6 Å². The van der Waals surface area contributed by atoms with Gasteiger partial charge in [-0.2, -0.15) is 4.72 Å². The Balaban J connectivity index is 1.92. The first-order valence-electron chi connectivity index (χ1n) is 19.5. The van der Waals surface area contributed by atoms with Gasteiger partial charge in [-0.25, -0.2) is 13.4 Å². The van der Waals surface area contributed by atoms with Crippen molar-refractivity contribution in [3.8, 4) is 5.75 Å². The highest BCUT2D eigenvalue weighted by Gasteiger charge is 2.32. The number of carbonyl (C=O) groups is 3. The van der Waals surface area contributed by atoms with E-state index in [0.717, 1.165) is 30.3 Å². The van der Waals surface area contributed by atoms with Crippen LogP contribution in [-0.4, -0.2) is 57.3 Å². The van der Waals surface area contributed by atoms with Gasteiger partial charge in [0.2, 0.25) is 10.0 Å². The summed E-state index contributed by atoms with van der Waals surface area (Å²) in [7, 11) is -3.40. The molecule has 0 radical (unpaired) electrons. The molecule has 0 aliphatic carbocycles. The van der Waals surface area contributed by atoms with Crippen molar-refractivity contribution in [3.63, 3.8) is 0 Å². The Morgan fingerprint density at radius 3 is 2.05 bits per heavy atom. The van der Waals surface area contributed by atoms with Crippen LogP contribution < -0.4 is 25.0 Å². The number of hydrogen-bond acceptors (Lipinski definition) is 8. The second kappa shape index (κ2) is 19.0. The number of nitrogens with zero attached hydrogens (tertiary/aromatic N) is 2. The minimum Gasteiger partial charge on any atom is -0.480 e. The summed E-state index contributed by atoms with van der Waals surface area (Å²) in [6.07, 6.45) is 2.54. The molecule has 0 spiro atoms. The van der Waals surface area contributed by atoms with E-state index in [9.17, 15) is 22.8 Å². The second-order valence-electron chi connectivity index (χ2n) is 16.8. The van der Waals surface area contributed by atoms with Crippen molar-refractivity contribution in [1.29, 1.82) is 0 Å². The van der Waals surface area contributed by atoms with Crippen molar-refractivity contribution >= 4 is 67.7 Å². The zero-order valence-electron chi connectivity index (χ0n) is 35.9. The molecular formula is C44H62ClN5O6S. The van der Waals surface area contributed by atoms with Gasteiger partial charge in [0, 0.05) is 28.9 Å². The molecule has 3 rings (SSSR count). The Bertz CT molecular complexity index is 2090. The fourth-order valence-corrected chi connectivity index (χ4v) is 6.33. The van der Waals surface area contributed by atoms with Crippen molar-refractivity contribution in [2.45, 2.75) is 119 Å². The van der Waals surface area contributed by atoms with Crippen LogP contribution in [0.2, 0.25) is 5.02 Å². The van der Waals surface area contributed by atoms with Crippen molar-refractivity contribution in [3.05, 3.63) is 76.3 Å². The second-order valence-corrected chi connectivity index (χ2v) is 19.0. The Hall–Kier alpha value is -4.26. The number of benzene rings is 3. The number of amides is 2. The summed E-state index contributed by atoms with van der Waals surface area (Å²) in [5.74, 6) is -0.966. The van der Waals surface area contributed by atoms with E-state index < -0.39 is 33.2 Å². The molecule has 1 unspecified atom stereocenters. The Morgan fingerprint density at radius 1 is 0.860 bits per heavy atom. The molecule has 2 amide bonds. The Kier molecular flexibility index (Phi) is 15.7. The van der Waals surface area contributed by atoms with Crippen LogP contribution in [0.15, 0.2) is 59.6 Å². The molecule has 0 aliphatic rings. The molecule has 11 nitrogen and oxygen atoms in total. The van der Waals surface area contributed by atoms with Crippen LogP contribution in [-0.2, 0) is 35.2 Å². The topological polar surface area (TPSA) is 146 Å². The van der Waals surface area contributed by atoms with E-state index in [1.165, 1.54) is 11.6 Å². The van der Waals surface area contributed by atoms with Crippen molar-refractivity contribution in [2.24, 2.45) is 10.4 Å². The number of nitrogens with one attached hydrogen (secondary N) is 3. The molecule has 3 aromatic rings. The van der Waals surface area contributed by atoms with Crippen LogP contribution in [0.25, 0.3) is 0 Å². The number of ketones is 1. The van der Waals surface area contributed by atoms with Gasteiger partial charge in [0.05, 0.1) is 29.3 Å². The number of aryl methyl sites for hydroxylation is 1. The van der Waals surface area contributed by atoms with E-state index >= 15 is 0 Å². The largest absolute Gasteiger partial charge is 0.480 e. The Morgan fingerprint density at radius 2 is 1.51 bits per heavy atom. The van der Waals surface area contributed by atoms with Gasteiger partial charge < -0.3 is 20.3 Å². The quantitative estimate of drug-likeness (QED) is 0.0658. The van der Waals surface area contributed by atoms with Crippen LogP contribution in [0.1, 0.15) is 112 Å². The predicted molar refractivity (Wildman–Crippen MR) is 235 cm³/mol. The summed E-state index contributed by atoms with van der Waals surface area (Å²) < 4.78 is 32.3. The number of aliphatic imine (C=N–C) groups is 1. The van der Waals surface area contributed by atoms with Gasteiger partial charge in [0.25, 0.3) is 11.8 Å². The average molecular weight is 825 g/mol. The SMILES string of the molecule is CCC(Oc1ccc(C(C)(C)CC)cc1C(C)(C)CC)C(=O)Nc1ccc(Cl)c(NC(=O)C(=Nc2ccc(N(CC)CNS(C)(=O)=O)cc2C)C(=O)C(C)(C)C)c1. The van der Waals surface area contributed by atoms with Crippen LogP contribution in [0, 0.1) is 12.3 Å². The number of Topliss-reactive ketones (excluding diaryl/α,β-unsaturated/α-hetero) is 1. The molecule has 0 fully saturated rings. The van der Waals surface area contributed by atoms with Gasteiger partial charge in [-0.3, -0.25) is 14.4 Å². The number of sulfonamides is 1. The minimum atomic E-state index is -3.40. The van der Waals surface area contributed by atoms with Crippen molar-refractivity contribution in [2.75, 3.05) is 35.0 Å². The maximum absolute atomic E-state index is 13.9. The summed E-state index contributed by atoms with van der Waals surface area (Å²) in [5.41, 5.74) is 3.11. The minimum absolute atomic E-state index is 0.0173. The van der Waals surface area contributed by atoms with E-state index in [0.29, 0.717) is 35.7 Å². The molecular weight excluding hydrogens is 762 g/mol. The molecule has 0 saturated carbocycles. The molecule has 0 aliphatic heterocycles. The number of carbonyl (C=O) groups excluding carboxylic acids is 3.